The van der Waals surface area contributed by atoms with Gasteiger partial charge in [0.2, 0.25) is 0 Å². The number of rotatable bonds is 4. The Bertz CT molecular complexity index is 1060. The Labute approximate surface area is 178 Å². The predicted octanol–water partition coefficient (Wildman–Crippen LogP) is 4.52. The first-order chi connectivity index (χ1) is 13.5. The molecule has 150 valence electrons. The average Bonchev–Trinajstić information content (AvgIpc) is 3.02. The summed E-state index contributed by atoms with van der Waals surface area (Å²) in [7, 11) is 0. The van der Waals surface area contributed by atoms with Crippen molar-refractivity contribution in [2.75, 3.05) is 11.1 Å². The lowest BCUT2D eigenvalue weighted by Gasteiger charge is -2.13. The van der Waals surface area contributed by atoms with Crippen LogP contribution in [0.2, 0.25) is 5.02 Å². The summed E-state index contributed by atoms with van der Waals surface area (Å²) < 4.78 is 13.4. The smallest absolute Gasteiger partial charge is 0.270 e. The summed E-state index contributed by atoms with van der Waals surface area (Å²) >= 11 is 6.04. The number of hydrogen-bond acceptors (Lipinski definition) is 4. The molecule has 0 spiro atoms. The highest BCUT2D eigenvalue weighted by molar-refractivity contribution is 6.30. The Morgan fingerprint density at radius 1 is 1.10 bits per heavy atom. The number of nitrogens with two attached hydrogens (primary N) is 1. The van der Waals surface area contributed by atoms with E-state index in [1.54, 1.807) is 18.2 Å². The van der Waals surface area contributed by atoms with Crippen LogP contribution in [0.1, 0.15) is 21.6 Å². The summed E-state index contributed by atoms with van der Waals surface area (Å²) in [5, 5.41) is 6.66. The standard InChI is InChI=1S/C21H18ClFN4O.ClH/c22-14-5-4-12-7-18(8-13(12)6-14)26-21(28)19-10-16(24)11-20(27-19)25-17-3-1-2-15(23)9-17;/h1-6,9-11,18H,7-8H2,(H,26,28)(H3,24,25,27);1H. The second-order valence-electron chi connectivity index (χ2n) is 6.80. The molecule has 1 atom stereocenters. The van der Waals surface area contributed by atoms with E-state index in [0.717, 1.165) is 18.4 Å². The van der Waals surface area contributed by atoms with Gasteiger partial charge in [0.05, 0.1) is 0 Å². The summed E-state index contributed by atoms with van der Waals surface area (Å²) in [6.45, 7) is 0. The zero-order chi connectivity index (χ0) is 19.7. The van der Waals surface area contributed by atoms with Crippen molar-refractivity contribution in [3.05, 3.63) is 82.3 Å². The van der Waals surface area contributed by atoms with Crippen LogP contribution in [0.3, 0.4) is 0 Å². The fourth-order valence-corrected chi connectivity index (χ4v) is 3.59. The van der Waals surface area contributed by atoms with Crippen LogP contribution < -0.4 is 16.4 Å². The van der Waals surface area contributed by atoms with Crippen LogP contribution in [0.25, 0.3) is 0 Å². The molecule has 8 heteroatoms. The van der Waals surface area contributed by atoms with Gasteiger partial charge in [0.25, 0.3) is 5.91 Å². The van der Waals surface area contributed by atoms with Crippen LogP contribution in [-0.2, 0) is 12.8 Å². The molecule has 1 amide bonds. The third-order valence-electron chi connectivity index (χ3n) is 4.61. The monoisotopic (exact) mass is 432 g/mol. The number of halogens is 3. The molecule has 1 unspecified atom stereocenters. The summed E-state index contributed by atoms with van der Waals surface area (Å²) in [4.78, 5) is 17.0. The molecule has 4 N–H and O–H groups in total. The van der Waals surface area contributed by atoms with Crippen LogP contribution in [-0.4, -0.2) is 16.9 Å². The molecule has 1 aliphatic carbocycles. The SMILES string of the molecule is Cl.Nc1cc(Nc2cccc(F)c2)nc(C(=O)NC2Cc3ccc(Cl)cc3C2)c1. The highest BCUT2D eigenvalue weighted by Gasteiger charge is 2.24. The normalized spacial score (nSPS) is 14.6. The van der Waals surface area contributed by atoms with Gasteiger partial charge in [-0.05, 0) is 60.4 Å². The molecular weight excluding hydrogens is 414 g/mol. The van der Waals surface area contributed by atoms with E-state index in [1.807, 2.05) is 18.2 Å². The Morgan fingerprint density at radius 3 is 2.69 bits per heavy atom. The highest BCUT2D eigenvalue weighted by atomic mass is 35.5. The number of amides is 1. The Hall–Kier alpha value is -2.83. The molecule has 1 aromatic heterocycles. The Balaban J connectivity index is 0.00000240. The van der Waals surface area contributed by atoms with E-state index >= 15 is 0 Å². The van der Waals surface area contributed by atoms with Crippen molar-refractivity contribution in [1.29, 1.82) is 0 Å². The zero-order valence-electron chi connectivity index (χ0n) is 15.3. The first-order valence-electron chi connectivity index (χ1n) is 8.84. The minimum absolute atomic E-state index is 0. The van der Waals surface area contributed by atoms with Crippen molar-refractivity contribution in [3.8, 4) is 0 Å². The predicted molar refractivity (Wildman–Crippen MR) is 116 cm³/mol. The minimum atomic E-state index is -0.368. The van der Waals surface area contributed by atoms with Crippen molar-refractivity contribution < 1.29 is 9.18 Å². The van der Waals surface area contributed by atoms with Crippen LogP contribution >= 0.6 is 24.0 Å². The second-order valence-corrected chi connectivity index (χ2v) is 7.23. The van der Waals surface area contributed by atoms with Crippen LogP contribution in [0, 0.1) is 5.82 Å². The van der Waals surface area contributed by atoms with E-state index in [-0.39, 0.29) is 35.9 Å². The molecule has 0 saturated heterocycles. The van der Waals surface area contributed by atoms with Crippen molar-refractivity contribution in [1.82, 2.24) is 10.3 Å². The van der Waals surface area contributed by atoms with Crippen molar-refractivity contribution in [2.24, 2.45) is 0 Å². The number of carbonyl (C=O) groups is 1. The fraction of sp³-hybridized carbons (Fsp3) is 0.143. The first kappa shape index (κ1) is 20.9. The third kappa shape index (κ3) is 4.96. The van der Waals surface area contributed by atoms with Gasteiger partial charge in [-0.1, -0.05) is 23.7 Å². The number of aromatic nitrogens is 1. The highest BCUT2D eigenvalue weighted by Crippen LogP contribution is 2.26. The lowest BCUT2D eigenvalue weighted by atomic mass is 10.1. The number of carbonyl (C=O) groups excluding carboxylic acids is 1. The average molecular weight is 433 g/mol. The van der Waals surface area contributed by atoms with Crippen LogP contribution in [0.5, 0.6) is 0 Å². The molecule has 2 aromatic carbocycles. The van der Waals surface area contributed by atoms with Gasteiger partial charge in [-0.2, -0.15) is 0 Å². The van der Waals surface area contributed by atoms with Gasteiger partial charge in [-0.15, -0.1) is 12.4 Å². The van der Waals surface area contributed by atoms with Gasteiger partial charge < -0.3 is 16.4 Å². The summed E-state index contributed by atoms with van der Waals surface area (Å²) in [5.74, 6) is -0.302. The molecule has 0 radical (unpaired) electrons. The molecule has 0 fully saturated rings. The van der Waals surface area contributed by atoms with E-state index in [1.165, 1.54) is 23.8 Å². The fourth-order valence-electron chi connectivity index (χ4n) is 3.39. The van der Waals surface area contributed by atoms with Gasteiger partial charge in [0.1, 0.15) is 17.3 Å². The number of benzene rings is 2. The molecule has 0 aliphatic heterocycles. The van der Waals surface area contributed by atoms with E-state index in [2.05, 4.69) is 15.6 Å². The number of anilines is 3. The van der Waals surface area contributed by atoms with Gasteiger partial charge in [-0.25, -0.2) is 9.37 Å². The maximum Gasteiger partial charge on any atom is 0.270 e. The number of hydrogen-bond donors (Lipinski definition) is 3. The lowest BCUT2D eigenvalue weighted by molar-refractivity contribution is 0.0933. The quantitative estimate of drug-likeness (QED) is 0.565. The molecule has 0 saturated carbocycles. The lowest BCUT2D eigenvalue weighted by Crippen LogP contribution is -2.35. The zero-order valence-corrected chi connectivity index (χ0v) is 16.9. The van der Waals surface area contributed by atoms with Gasteiger partial charge >= 0.3 is 0 Å². The maximum absolute atomic E-state index is 13.4. The Morgan fingerprint density at radius 2 is 1.90 bits per heavy atom. The van der Waals surface area contributed by atoms with Crippen molar-refractivity contribution in [2.45, 2.75) is 18.9 Å². The molecule has 5 nitrogen and oxygen atoms in total. The number of nitrogens with one attached hydrogen (secondary N) is 2. The van der Waals surface area contributed by atoms with Gasteiger partial charge in [0, 0.05) is 28.5 Å². The molecule has 0 bridgehead atoms. The van der Waals surface area contributed by atoms with Crippen LogP contribution in [0.15, 0.2) is 54.6 Å². The van der Waals surface area contributed by atoms with Gasteiger partial charge in [-0.3, -0.25) is 4.79 Å². The van der Waals surface area contributed by atoms with E-state index in [4.69, 9.17) is 17.3 Å². The van der Waals surface area contributed by atoms with Crippen molar-refractivity contribution in [3.63, 3.8) is 0 Å². The molecule has 4 rings (SSSR count). The maximum atomic E-state index is 13.4. The summed E-state index contributed by atoms with van der Waals surface area (Å²) in [6, 6.07) is 14.8. The van der Waals surface area contributed by atoms with E-state index in [0.29, 0.717) is 22.2 Å². The van der Waals surface area contributed by atoms with E-state index in [9.17, 15) is 9.18 Å². The first-order valence-corrected chi connectivity index (χ1v) is 9.22. The largest absolute Gasteiger partial charge is 0.399 e. The molecule has 1 heterocycles. The van der Waals surface area contributed by atoms with Crippen molar-refractivity contribution >= 4 is 47.1 Å². The van der Waals surface area contributed by atoms with E-state index < -0.39 is 0 Å². The Kier molecular flexibility index (Phi) is 6.25. The molecule has 3 aromatic rings. The second kappa shape index (κ2) is 8.68. The number of nitrogens with zero attached hydrogens (tertiary/aromatic N) is 1. The third-order valence-corrected chi connectivity index (χ3v) is 4.85. The summed E-state index contributed by atoms with van der Waals surface area (Å²) in [6.07, 6.45) is 1.47. The van der Waals surface area contributed by atoms with Crippen LogP contribution in [0.4, 0.5) is 21.6 Å². The minimum Gasteiger partial charge on any atom is -0.399 e. The number of pyridine rings is 1. The topological polar surface area (TPSA) is 80.0 Å². The molecule has 29 heavy (non-hydrogen) atoms. The molecule has 1 aliphatic rings. The molecular formula is C21H19Cl2FN4O. The van der Waals surface area contributed by atoms with Gasteiger partial charge in [0.15, 0.2) is 0 Å². The number of nitrogen functional groups attached to an aromatic ring is 1. The summed E-state index contributed by atoms with van der Waals surface area (Å²) in [5.41, 5.74) is 9.37. The number of fused-ring (bicyclic) bond motifs is 1.